The van der Waals surface area contributed by atoms with E-state index in [1.165, 1.54) is 12.1 Å². The van der Waals surface area contributed by atoms with E-state index < -0.39 is 5.97 Å². The van der Waals surface area contributed by atoms with Crippen LogP contribution in [-0.2, 0) is 11.3 Å². The molecule has 0 fully saturated rings. The summed E-state index contributed by atoms with van der Waals surface area (Å²) in [6.45, 7) is 1.77. The van der Waals surface area contributed by atoms with Crippen molar-refractivity contribution in [2.45, 2.75) is 13.5 Å². The zero-order valence-electron chi connectivity index (χ0n) is 10.8. The van der Waals surface area contributed by atoms with E-state index in [2.05, 4.69) is 15.9 Å². The van der Waals surface area contributed by atoms with Crippen molar-refractivity contribution < 1.29 is 13.9 Å². The SMILES string of the molecule is Cc1c(N)cc(Br)cc1C(=O)OCc1cccc(F)c1. The molecule has 0 bridgehead atoms. The number of hydrogen-bond donors (Lipinski definition) is 1. The van der Waals surface area contributed by atoms with E-state index in [-0.39, 0.29) is 12.4 Å². The molecular formula is C15H13BrFNO2. The Labute approximate surface area is 124 Å². The second kappa shape index (κ2) is 6.05. The Balaban J connectivity index is 2.13. The van der Waals surface area contributed by atoms with Crippen LogP contribution in [0, 0.1) is 12.7 Å². The summed E-state index contributed by atoms with van der Waals surface area (Å²) in [5.41, 5.74) is 7.97. The summed E-state index contributed by atoms with van der Waals surface area (Å²) in [5.74, 6) is -0.846. The molecule has 0 amide bonds. The lowest BCUT2D eigenvalue weighted by Crippen LogP contribution is -2.09. The van der Waals surface area contributed by atoms with Gasteiger partial charge in [-0.25, -0.2) is 9.18 Å². The zero-order chi connectivity index (χ0) is 14.7. The molecule has 0 aliphatic heterocycles. The molecule has 2 rings (SSSR count). The predicted molar refractivity (Wildman–Crippen MR) is 78.8 cm³/mol. The third-order valence-electron chi connectivity index (χ3n) is 2.89. The van der Waals surface area contributed by atoms with E-state index in [1.54, 1.807) is 31.2 Å². The molecule has 0 atom stereocenters. The van der Waals surface area contributed by atoms with Crippen molar-refractivity contribution in [2.75, 3.05) is 5.73 Å². The summed E-state index contributed by atoms with van der Waals surface area (Å²) in [6, 6.07) is 9.30. The number of ether oxygens (including phenoxy) is 1. The molecule has 2 aromatic rings. The fourth-order valence-corrected chi connectivity index (χ4v) is 2.24. The van der Waals surface area contributed by atoms with Crippen LogP contribution in [-0.4, -0.2) is 5.97 Å². The van der Waals surface area contributed by atoms with E-state index in [4.69, 9.17) is 10.5 Å². The van der Waals surface area contributed by atoms with E-state index in [0.29, 0.717) is 26.9 Å². The van der Waals surface area contributed by atoms with Crippen LogP contribution >= 0.6 is 15.9 Å². The molecular weight excluding hydrogens is 325 g/mol. The van der Waals surface area contributed by atoms with Crippen LogP contribution in [0.4, 0.5) is 10.1 Å². The van der Waals surface area contributed by atoms with Gasteiger partial charge < -0.3 is 10.5 Å². The Morgan fingerprint density at radius 1 is 1.35 bits per heavy atom. The Morgan fingerprint density at radius 3 is 2.80 bits per heavy atom. The van der Waals surface area contributed by atoms with Gasteiger partial charge in [0, 0.05) is 10.2 Å². The second-order valence-corrected chi connectivity index (χ2v) is 5.29. The minimum atomic E-state index is -0.486. The fraction of sp³-hybridized carbons (Fsp3) is 0.133. The van der Waals surface area contributed by atoms with Crippen LogP contribution in [0.15, 0.2) is 40.9 Å². The van der Waals surface area contributed by atoms with Crippen LogP contribution in [0.1, 0.15) is 21.5 Å². The van der Waals surface area contributed by atoms with E-state index in [1.807, 2.05) is 0 Å². The van der Waals surface area contributed by atoms with Crippen molar-refractivity contribution in [2.24, 2.45) is 0 Å². The highest BCUT2D eigenvalue weighted by Gasteiger charge is 2.14. The normalized spacial score (nSPS) is 10.3. The molecule has 0 spiro atoms. The highest BCUT2D eigenvalue weighted by molar-refractivity contribution is 9.10. The van der Waals surface area contributed by atoms with Crippen LogP contribution in [0.2, 0.25) is 0 Å². The first-order valence-electron chi connectivity index (χ1n) is 5.94. The molecule has 0 aromatic heterocycles. The van der Waals surface area contributed by atoms with Gasteiger partial charge in [-0.05, 0) is 42.3 Å². The van der Waals surface area contributed by atoms with Gasteiger partial charge in [0.25, 0.3) is 0 Å². The average molecular weight is 338 g/mol. The number of halogens is 2. The quantitative estimate of drug-likeness (QED) is 0.683. The zero-order valence-corrected chi connectivity index (χ0v) is 12.4. The van der Waals surface area contributed by atoms with Crippen molar-refractivity contribution >= 4 is 27.6 Å². The Bertz CT molecular complexity index is 658. The molecule has 0 aliphatic rings. The summed E-state index contributed by atoms with van der Waals surface area (Å²) in [6.07, 6.45) is 0. The lowest BCUT2D eigenvalue weighted by atomic mass is 10.1. The maximum Gasteiger partial charge on any atom is 0.338 e. The maximum atomic E-state index is 13.0. The molecule has 0 saturated carbocycles. The molecule has 0 heterocycles. The van der Waals surface area contributed by atoms with Gasteiger partial charge in [-0.1, -0.05) is 28.1 Å². The van der Waals surface area contributed by atoms with E-state index in [0.717, 1.165) is 0 Å². The van der Waals surface area contributed by atoms with Gasteiger partial charge in [-0.3, -0.25) is 0 Å². The molecule has 0 aliphatic carbocycles. The standard InChI is InChI=1S/C15H13BrFNO2/c1-9-13(6-11(16)7-14(9)18)15(19)20-8-10-3-2-4-12(17)5-10/h2-7H,8,18H2,1H3. The van der Waals surface area contributed by atoms with Crippen molar-refractivity contribution in [3.8, 4) is 0 Å². The van der Waals surface area contributed by atoms with Crippen molar-refractivity contribution in [3.63, 3.8) is 0 Å². The number of nitrogens with two attached hydrogens (primary N) is 1. The number of nitrogen functional groups attached to an aromatic ring is 1. The number of carbonyl (C=O) groups excluding carboxylic acids is 1. The van der Waals surface area contributed by atoms with Crippen molar-refractivity contribution in [1.29, 1.82) is 0 Å². The lowest BCUT2D eigenvalue weighted by molar-refractivity contribution is 0.0471. The molecule has 2 N–H and O–H groups in total. The Hall–Kier alpha value is -1.88. The fourth-order valence-electron chi connectivity index (χ4n) is 1.77. The van der Waals surface area contributed by atoms with E-state index in [9.17, 15) is 9.18 Å². The molecule has 5 heteroatoms. The topological polar surface area (TPSA) is 52.3 Å². The third-order valence-corrected chi connectivity index (χ3v) is 3.35. The first-order valence-corrected chi connectivity index (χ1v) is 6.74. The van der Waals surface area contributed by atoms with Gasteiger partial charge >= 0.3 is 5.97 Å². The minimum Gasteiger partial charge on any atom is -0.457 e. The van der Waals surface area contributed by atoms with Gasteiger partial charge in [0.05, 0.1) is 5.56 Å². The molecule has 104 valence electrons. The van der Waals surface area contributed by atoms with Gasteiger partial charge in [0.1, 0.15) is 12.4 Å². The van der Waals surface area contributed by atoms with Gasteiger partial charge in [0.15, 0.2) is 0 Å². The summed E-state index contributed by atoms with van der Waals surface area (Å²) in [5, 5.41) is 0. The Kier molecular flexibility index (Phi) is 4.39. The van der Waals surface area contributed by atoms with Crippen LogP contribution in [0.5, 0.6) is 0 Å². The molecule has 20 heavy (non-hydrogen) atoms. The van der Waals surface area contributed by atoms with Crippen molar-refractivity contribution in [3.05, 3.63) is 63.4 Å². The summed E-state index contributed by atoms with van der Waals surface area (Å²) in [4.78, 5) is 12.0. The van der Waals surface area contributed by atoms with Crippen LogP contribution in [0.25, 0.3) is 0 Å². The van der Waals surface area contributed by atoms with Crippen LogP contribution in [0.3, 0.4) is 0 Å². The highest BCUT2D eigenvalue weighted by atomic mass is 79.9. The van der Waals surface area contributed by atoms with Crippen LogP contribution < -0.4 is 5.73 Å². The predicted octanol–water partition coefficient (Wildman–Crippen LogP) is 3.84. The van der Waals surface area contributed by atoms with E-state index >= 15 is 0 Å². The monoisotopic (exact) mass is 337 g/mol. The molecule has 0 saturated heterocycles. The number of benzene rings is 2. The van der Waals surface area contributed by atoms with Gasteiger partial charge in [0.2, 0.25) is 0 Å². The first-order chi connectivity index (χ1) is 9.47. The highest BCUT2D eigenvalue weighted by Crippen LogP contribution is 2.23. The third kappa shape index (κ3) is 3.36. The molecule has 0 unspecified atom stereocenters. The lowest BCUT2D eigenvalue weighted by Gasteiger charge is -2.10. The largest absolute Gasteiger partial charge is 0.457 e. The maximum absolute atomic E-state index is 13.0. The molecule has 2 aromatic carbocycles. The van der Waals surface area contributed by atoms with Gasteiger partial charge in [-0.2, -0.15) is 0 Å². The number of esters is 1. The summed E-state index contributed by atoms with van der Waals surface area (Å²) < 4.78 is 18.9. The minimum absolute atomic E-state index is 0.0163. The molecule has 0 radical (unpaired) electrons. The second-order valence-electron chi connectivity index (χ2n) is 4.37. The van der Waals surface area contributed by atoms with Crippen molar-refractivity contribution in [1.82, 2.24) is 0 Å². The smallest absolute Gasteiger partial charge is 0.338 e. The Morgan fingerprint density at radius 2 is 2.10 bits per heavy atom. The first kappa shape index (κ1) is 14.5. The summed E-state index contributed by atoms with van der Waals surface area (Å²) in [7, 11) is 0. The summed E-state index contributed by atoms with van der Waals surface area (Å²) >= 11 is 3.28. The number of hydrogen-bond acceptors (Lipinski definition) is 3. The number of rotatable bonds is 3. The van der Waals surface area contributed by atoms with Gasteiger partial charge in [-0.15, -0.1) is 0 Å². The number of anilines is 1. The average Bonchev–Trinajstić information content (AvgIpc) is 2.40. The number of carbonyl (C=O) groups is 1. The molecule has 3 nitrogen and oxygen atoms in total.